The van der Waals surface area contributed by atoms with Crippen molar-refractivity contribution in [3.05, 3.63) is 39.7 Å². The molecular formula is C16H14ClNO3S. The van der Waals surface area contributed by atoms with Crippen LogP contribution in [0.4, 0.5) is 0 Å². The summed E-state index contributed by atoms with van der Waals surface area (Å²) < 4.78 is 5.77. The maximum absolute atomic E-state index is 11.4. The fourth-order valence-electron chi connectivity index (χ4n) is 2.51. The summed E-state index contributed by atoms with van der Waals surface area (Å²) in [6.07, 6.45) is 1.27. The molecule has 1 aliphatic rings. The van der Waals surface area contributed by atoms with Gasteiger partial charge in [0.1, 0.15) is 11.9 Å². The number of thiophene rings is 1. The van der Waals surface area contributed by atoms with Crippen LogP contribution in [0, 0.1) is 0 Å². The Kier molecular flexibility index (Phi) is 4.18. The van der Waals surface area contributed by atoms with Crippen LogP contribution in [0.1, 0.15) is 22.2 Å². The number of hydrogen-bond acceptors (Lipinski definition) is 4. The fraction of sp³-hybridized carbons (Fsp3) is 0.250. The molecule has 0 radical (unpaired) electrons. The largest absolute Gasteiger partial charge is 0.486 e. The Hall–Kier alpha value is -1.85. The van der Waals surface area contributed by atoms with Crippen molar-refractivity contribution in [2.45, 2.75) is 19.4 Å². The molecule has 6 heteroatoms. The number of benzene rings is 1. The smallest absolute Gasteiger partial charge is 0.207 e. The molecule has 1 amide bonds. The van der Waals surface area contributed by atoms with Gasteiger partial charge in [-0.3, -0.25) is 9.59 Å². The zero-order chi connectivity index (χ0) is 15.7. The number of ketones is 1. The van der Waals surface area contributed by atoms with Crippen molar-refractivity contribution < 1.29 is 14.3 Å². The predicted molar refractivity (Wildman–Crippen MR) is 87.0 cm³/mol. The average molecular weight is 336 g/mol. The summed E-state index contributed by atoms with van der Waals surface area (Å²) in [4.78, 5) is 23.5. The third kappa shape index (κ3) is 2.87. The lowest BCUT2D eigenvalue weighted by Gasteiger charge is -2.09. The lowest BCUT2D eigenvalue weighted by Crippen LogP contribution is -2.29. The molecule has 3 rings (SSSR count). The number of carbonyl (C=O) groups excluding carboxylic acids is 2. The highest BCUT2D eigenvalue weighted by molar-refractivity contribution is 7.17. The molecule has 0 bridgehead atoms. The van der Waals surface area contributed by atoms with E-state index in [-0.39, 0.29) is 11.9 Å². The second-order valence-electron chi connectivity index (χ2n) is 5.14. The maximum atomic E-state index is 11.4. The van der Waals surface area contributed by atoms with Crippen LogP contribution >= 0.6 is 22.9 Å². The summed E-state index contributed by atoms with van der Waals surface area (Å²) in [7, 11) is 0. The number of nitrogens with one attached hydrogen (secondary N) is 1. The minimum Gasteiger partial charge on any atom is -0.486 e. The van der Waals surface area contributed by atoms with Crippen molar-refractivity contribution in [2.75, 3.05) is 6.54 Å². The summed E-state index contributed by atoms with van der Waals surface area (Å²) in [5, 5.41) is 3.18. The van der Waals surface area contributed by atoms with Crippen LogP contribution in [0.25, 0.3) is 10.4 Å². The monoisotopic (exact) mass is 335 g/mol. The summed E-state index contributed by atoms with van der Waals surface area (Å²) in [5.74, 6) is 0.748. The van der Waals surface area contributed by atoms with Crippen molar-refractivity contribution in [1.82, 2.24) is 5.32 Å². The number of carbonyl (C=O) groups is 2. The Labute approximate surface area is 137 Å². The second kappa shape index (κ2) is 6.10. The maximum Gasteiger partial charge on any atom is 0.207 e. The number of halogens is 1. The van der Waals surface area contributed by atoms with Crippen molar-refractivity contribution in [3.63, 3.8) is 0 Å². The van der Waals surface area contributed by atoms with Crippen LogP contribution in [0.3, 0.4) is 0 Å². The Morgan fingerprint density at radius 1 is 1.50 bits per heavy atom. The van der Waals surface area contributed by atoms with E-state index >= 15 is 0 Å². The third-order valence-electron chi connectivity index (χ3n) is 3.52. The first kappa shape index (κ1) is 15.1. The molecule has 0 aliphatic carbocycles. The third-order valence-corrected chi connectivity index (χ3v) is 5.03. The fourth-order valence-corrected chi connectivity index (χ4v) is 3.68. The number of ether oxygens (including phenoxy) is 1. The Morgan fingerprint density at radius 2 is 2.32 bits per heavy atom. The molecule has 0 spiro atoms. The molecule has 22 heavy (non-hydrogen) atoms. The van der Waals surface area contributed by atoms with E-state index in [4.69, 9.17) is 16.3 Å². The summed E-state index contributed by atoms with van der Waals surface area (Å²) in [6.45, 7) is 2.01. The zero-order valence-corrected chi connectivity index (χ0v) is 13.5. The van der Waals surface area contributed by atoms with Gasteiger partial charge in [0.25, 0.3) is 0 Å². The van der Waals surface area contributed by atoms with E-state index in [1.807, 2.05) is 24.3 Å². The van der Waals surface area contributed by atoms with Gasteiger partial charge in [-0.1, -0.05) is 11.6 Å². The number of fused-ring (bicyclic) bond motifs is 1. The highest BCUT2D eigenvalue weighted by atomic mass is 35.5. The van der Waals surface area contributed by atoms with E-state index in [2.05, 4.69) is 5.32 Å². The molecular weight excluding hydrogens is 322 g/mol. The molecule has 1 unspecified atom stereocenters. The number of Topliss-reactive ketones (excluding diaryl/α,β-unsaturated/α-hetero) is 1. The van der Waals surface area contributed by atoms with E-state index in [9.17, 15) is 9.59 Å². The average Bonchev–Trinajstić information content (AvgIpc) is 3.11. The van der Waals surface area contributed by atoms with E-state index in [1.165, 1.54) is 11.3 Å². The molecule has 1 N–H and O–H groups in total. The van der Waals surface area contributed by atoms with Crippen LogP contribution in [0.15, 0.2) is 24.3 Å². The Morgan fingerprint density at radius 3 is 3.00 bits per heavy atom. The molecule has 114 valence electrons. The van der Waals surface area contributed by atoms with Gasteiger partial charge in [0, 0.05) is 16.9 Å². The van der Waals surface area contributed by atoms with Gasteiger partial charge in [-0.25, -0.2) is 0 Å². The van der Waals surface area contributed by atoms with Gasteiger partial charge in [0.2, 0.25) is 6.41 Å². The summed E-state index contributed by atoms with van der Waals surface area (Å²) in [5.41, 5.74) is 2.01. The van der Waals surface area contributed by atoms with E-state index in [0.717, 1.165) is 20.9 Å². The van der Waals surface area contributed by atoms with Crippen molar-refractivity contribution in [1.29, 1.82) is 0 Å². The Bertz CT molecular complexity index is 741. The first-order valence-electron chi connectivity index (χ1n) is 6.85. The quantitative estimate of drug-likeness (QED) is 0.673. The number of rotatable bonds is 5. The molecule has 0 fully saturated rings. The lowest BCUT2D eigenvalue weighted by atomic mass is 10.1. The van der Waals surface area contributed by atoms with Crippen molar-refractivity contribution in [2.24, 2.45) is 0 Å². The van der Waals surface area contributed by atoms with Gasteiger partial charge in [-0.2, -0.15) is 0 Å². The van der Waals surface area contributed by atoms with E-state index in [1.54, 1.807) is 6.92 Å². The van der Waals surface area contributed by atoms with Crippen LogP contribution in [-0.2, 0) is 11.2 Å². The van der Waals surface area contributed by atoms with Gasteiger partial charge in [-0.15, -0.1) is 11.3 Å². The van der Waals surface area contributed by atoms with Crippen molar-refractivity contribution in [3.8, 4) is 16.2 Å². The Balaban J connectivity index is 1.89. The standard InChI is InChI=1S/C16H14ClNO3S/c1-9(20)14-2-3-15(22-14)10-4-11-5-12(7-18-8-19)21-16(11)13(17)6-10/h2-4,6,8,12H,5,7H2,1H3,(H,18,19). The van der Waals surface area contributed by atoms with Gasteiger partial charge >= 0.3 is 0 Å². The summed E-state index contributed by atoms with van der Waals surface area (Å²) >= 11 is 7.77. The molecule has 2 heterocycles. The lowest BCUT2D eigenvalue weighted by molar-refractivity contribution is -0.109. The number of amides is 1. The van der Waals surface area contributed by atoms with Crippen LogP contribution in [-0.4, -0.2) is 24.8 Å². The molecule has 1 aromatic carbocycles. The molecule has 1 aromatic heterocycles. The van der Waals surface area contributed by atoms with Gasteiger partial charge in [0.15, 0.2) is 5.78 Å². The van der Waals surface area contributed by atoms with Crippen LogP contribution < -0.4 is 10.1 Å². The molecule has 4 nitrogen and oxygen atoms in total. The molecule has 1 aliphatic heterocycles. The van der Waals surface area contributed by atoms with Gasteiger partial charge in [0.05, 0.1) is 16.4 Å². The van der Waals surface area contributed by atoms with Gasteiger partial charge in [-0.05, 0) is 36.8 Å². The first-order chi connectivity index (χ1) is 10.6. The molecule has 0 saturated heterocycles. The molecule has 0 saturated carbocycles. The van der Waals surface area contributed by atoms with E-state index < -0.39 is 0 Å². The summed E-state index contributed by atoms with van der Waals surface area (Å²) in [6, 6.07) is 7.65. The van der Waals surface area contributed by atoms with Crippen LogP contribution in [0.5, 0.6) is 5.75 Å². The van der Waals surface area contributed by atoms with Gasteiger partial charge < -0.3 is 10.1 Å². The topological polar surface area (TPSA) is 55.4 Å². The minimum atomic E-state index is -0.0935. The van der Waals surface area contributed by atoms with Crippen LogP contribution in [0.2, 0.25) is 5.02 Å². The number of hydrogen-bond donors (Lipinski definition) is 1. The normalized spacial score (nSPS) is 16.0. The van der Waals surface area contributed by atoms with Crippen molar-refractivity contribution >= 4 is 35.1 Å². The van der Waals surface area contributed by atoms with E-state index in [0.29, 0.717) is 30.1 Å². The minimum absolute atomic E-state index is 0.0619. The second-order valence-corrected chi connectivity index (χ2v) is 6.63. The highest BCUT2D eigenvalue weighted by Gasteiger charge is 2.26. The SMILES string of the molecule is CC(=O)c1ccc(-c2cc(Cl)c3c(c2)CC(CNC=O)O3)s1. The molecule has 2 aromatic rings. The zero-order valence-electron chi connectivity index (χ0n) is 11.9. The molecule has 1 atom stereocenters. The predicted octanol–water partition coefficient (Wildman–Crippen LogP) is 3.32. The first-order valence-corrected chi connectivity index (χ1v) is 8.05. The highest BCUT2D eigenvalue weighted by Crippen LogP contribution is 2.40.